The Kier molecular flexibility index (Phi) is 3.83. The lowest BCUT2D eigenvalue weighted by atomic mass is 9.97. The molecule has 0 bridgehead atoms. The van der Waals surface area contributed by atoms with E-state index < -0.39 is 43.3 Å². The molecular formula is C7H14N2O6. The fraction of sp³-hybridized carbons (Fsp3) is 0.857. The Morgan fingerprint density at radius 1 is 1.33 bits per heavy atom. The molecule has 1 rings (SSSR count). The number of hydrogen-bond donors (Lipinski definition) is 6. The quantitative estimate of drug-likeness (QED) is 0.285. The number of carbonyl (C=O) groups excluding carboxylic acids is 1. The average Bonchev–Trinajstić information content (AvgIpc) is 2.18. The maximum Gasteiger partial charge on any atom is 0.312 e. The molecule has 1 fully saturated rings. The Labute approximate surface area is 85.3 Å². The predicted octanol–water partition coefficient (Wildman–Crippen LogP) is -3.55. The third kappa shape index (κ3) is 2.55. The smallest absolute Gasteiger partial charge is 0.312 e. The Morgan fingerprint density at radius 3 is 2.40 bits per heavy atom. The first-order valence-electron chi connectivity index (χ1n) is 4.34. The normalized spacial score (nSPS) is 41.2. The van der Waals surface area contributed by atoms with Crippen LogP contribution in [0.3, 0.4) is 0 Å². The van der Waals surface area contributed by atoms with Crippen molar-refractivity contribution in [2.45, 2.75) is 30.6 Å². The van der Waals surface area contributed by atoms with Gasteiger partial charge in [-0.15, -0.1) is 0 Å². The predicted molar refractivity (Wildman–Crippen MR) is 46.5 cm³/mol. The van der Waals surface area contributed by atoms with Crippen LogP contribution in [-0.2, 0) is 4.74 Å². The molecule has 0 aromatic heterocycles. The molecule has 1 heterocycles. The lowest BCUT2D eigenvalue weighted by Gasteiger charge is -2.39. The fourth-order valence-corrected chi connectivity index (χ4v) is 1.42. The van der Waals surface area contributed by atoms with Crippen molar-refractivity contribution in [1.82, 2.24) is 5.32 Å². The van der Waals surface area contributed by atoms with E-state index >= 15 is 0 Å². The van der Waals surface area contributed by atoms with Crippen LogP contribution >= 0.6 is 0 Å². The first kappa shape index (κ1) is 12.1. The molecule has 1 aliphatic heterocycles. The summed E-state index contributed by atoms with van der Waals surface area (Å²) in [6.07, 6.45) is -5.50. The van der Waals surface area contributed by atoms with Gasteiger partial charge in [-0.3, -0.25) is 0 Å². The van der Waals surface area contributed by atoms with Crippen LogP contribution in [0.4, 0.5) is 4.79 Å². The highest BCUT2D eigenvalue weighted by atomic mass is 16.6. The van der Waals surface area contributed by atoms with Crippen molar-refractivity contribution >= 4 is 6.03 Å². The van der Waals surface area contributed by atoms with Gasteiger partial charge in [0, 0.05) is 0 Å². The fourth-order valence-electron chi connectivity index (χ4n) is 1.42. The van der Waals surface area contributed by atoms with Crippen LogP contribution in [0.15, 0.2) is 0 Å². The van der Waals surface area contributed by atoms with Gasteiger partial charge in [0.25, 0.3) is 0 Å². The number of nitrogens with two attached hydrogens (primary N) is 1. The van der Waals surface area contributed by atoms with Crippen molar-refractivity contribution in [1.29, 1.82) is 0 Å². The zero-order valence-corrected chi connectivity index (χ0v) is 7.78. The van der Waals surface area contributed by atoms with E-state index in [2.05, 4.69) is 0 Å². The number of ether oxygens (including phenoxy) is 1. The Bertz CT molecular complexity index is 238. The van der Waals surface area contributed by atoms with E-state index in [1.165, 1.54) is 0 Å². The summed E-state index contributed by atoms with van der Waals surface area (Å²) in [5.41, 5.74) is 4.80. The number of aliphatic hydroxyl groups is 4. The summed E-state index contributed by atoms with van der Waals surface area (Å²) in [6.45, 7) is -0.557. The van der Waals surface area contributed by atoms with E-state index in [4.69, 9.17) is 15.6 Å². The van der Waals surface area contributed by atoms with E-state index in [0.29, 0.717) is 0 Å². The number of urea groups is 1. The molecule has 0 aromatic carbocycles. The van der Waals surface area contributed by atoms with Crippen LogP contribution in [0.1, 0.15) is 0 Å². The van der Waals surface area contributed by atoms with Crippen molar-refractivity contribution in [3.8, 4) is 0 Å². The number of primary amides is 1. The molecule has 0 spiro atoms. The molecule has 2 amide bonds. The molecule has 5 atom stereocenters. The molecule has 15 heavy (non-hydrogen) atoms. The SMILES string of the molecule is NC(=O)N[C@@H]1[C@@H](O)[C@H](O)[C@@H](CO)O[C@@H]1O. The number of amides is 2. The molecule has 8 heteroatoms. The van der Waals surface area contributed by atoms with E-state index in [-0.39, 0.29) is 0 Å². The number of aliphatic hydroxyl groups excluding tert-OH is 4. The summed E-state index contributed by atoms with van der Waals surface area (Å²) >= 11 is 0. The number of carbonyl (C=O) groups is 1. The van der Waals surface area contributed by atoms with E-state index in [1.807, 2.05) is 5.32 Å². The Hall–Kier alpha value is -0.930. The van der Waals surface area contributed by atoms with Gasteiger partial charge in [0.2, 0.25) is 0 Å². The molecule has 0 aliphatic carbocycles. The summed E-state index contributed by atoms with van der Waals surface area (Å²) in [5, 5.41) is 39.0. The first-order chi connectivity index (χ1) is 6.97. The number of rotatable bonds is 2. The molecule has 0 radical (unpaired) electrons. The summed E-state index contributed by atoms with van der Waals surface area (Å²) in [7, 11) is 0. The molecule has 0 aromatic rings. The van der Waals surface area contributed by atoms with Crippen molar-refractivity contribution in [3.05, 3.63) is 0 Å². The molecule has 7 N–H and O–H groups in total. The Balaban J connectivity index is 2.70. The van der Waals surface area contributed by atoms with Gasteiger partial charge in [-0.2, -0.15) is 0 Å². The van der Waals surface area contributed by atoms with Crippen molar-refractivity contribution < 1.29 is 30.0 Å². The van der Waals surface area contributed by atoms with E-state index in [1.54, 1.807) is 0 Å². The largest absolute Gasteiger partial charge is 0.394 e. The van der Waals surface area contributed by atoms with Gasteiger partial charge in [-0.1, -0.05) is 0 Å². The number of hydrogen-bond acceptors (Lipinski definition) is 6. The zero-order chi connectivity index (χ0) is 11.6. The molecule has 1 saturated heterocycles. The maximum absolute atomic E-state index is 10.5. The monoisotopic (exact) mass is 222 g/mol. The van der Waals surface area contributed by atoms with Crippen molar-refractivity contribution in [2.24, 2.45) is 5.73 Å². The van der Waals surface area contributed by atoms with E-state index in [9.17, 15) is 20.1 Å². The molecule has 8 nitrogen and oxygen atoms in total. The highest BCUT2D eigenvalue weighted by Crippen LogP contribution is 2.19. The average molecular weight is 222 g/mol. The molecule has 0 saturated carbocycles. The summed E-state index contributed by atoms with van der Waals surface area (Å²) in [5.74, 6) is 0. The maximum atomic E-state index is 10.5. The van der Waals surface area contributed by atoms with Crippen LogP contribution in [0, 0.1) is 0 Å². The molecule has 0 unspecified atom stereocenters. The third-order valence-corrected chi connectivity index (χ3v) is 2.21. The highest BCUT2D eigenvalue weighted by molar-refractivity contribution is 5.72. The summed E-state index contributed by atoms with van der Waals surface area (Å²) < 4.78 is 4.76. The Morgan fingerprint density at radius 2 is 1.93 bits per heavy atom. The zero-order valence-electron chi connectivity index (χ0n) is 7.78. The van der Waals surface area contributed by atoms with Crippen molar-refractivity contribution in [2.75, 3.05) is 6.61 Å². The number of nitrogens with one attached hydrogen (secondary N) is 1. The van der Waals surface area contributed by atoms with Crippen LogP contribution in [0.5, 0.6) is 0 Å². The van der Waals surface area contributed by atoms with Crippen LogP contribution in [0.25, 0.3) is 0 Å². The summed E-state index contributed by atoms with van der Waals surface area (Å²) in [6, 6.07) is -2.18. The van der Waals surface area contributed by atoms with Gasteiger partial charge < -0.3 is 36.2 Å². The lowest BCUT2D eigenvalue weighted by molar-refractivity contribution is -0.252. The standard InChI is InChI=1S/C7H14N2O6/c8-7(14)9-3-5(12)4(11)2(1-10)15-6(3)13/h2-6,10-13H,1H2,(H3,8,9,14)/t2-,3-,4-,5-,6+/m1/s1. The van der Waals surface area contributed by atoms with Gasteiger partial charge in [0.1, 0.15) is 24.4 Å². The van der Waals surface area contributed by atoms with Crippen LogP contribution < -0.4 is 11.1 Å². The second kappa shape index (κ2) is 4.73. The molecule has 1 aliphatic rings. The van der Waals surface area contributed by atoms with Crippen LogP contribution in [-0.4, -0.2) is 63.7 Å². The second-order valence-corrected chi connectivity index (χ2v) is 3.26. The summed E-state index contributed by atoms with van der Waals surface area (Å²) in [4.78, 5) is 10.5. The van der Waals surface area contributed by atoms with Gasteiger partial charge in [0.05, 0.1) is 6.61 Å². The van der Waals surface area contributed by atoms with Gasteiger partial charge in [-0.25, -0.2) is 4.79 Å². The third-order valence-electron chi connectivity index (χ3n) is 2.21. The minimum Gasteiger partial charge on any atom is -0.394 e. The van der Waals surface area contributed by atoms with E-state index in [0.717, 1.165) is 0 Å². The highest BCUT2D eigenvalue weighted by Gasteiger charge is 2.44. The van der Waals surface area contributed by atoms with Gasteiger partial charge in [-0.05, 0) is 0 Å². The molecule has 88 valence electrons. The minimum absolute atomic E-state index is 0.557. The first-order valence-corrected chi connectivity index (χ1v) is 4.34. The minimum atomic E-state index is -1.53. The van der Waals surface area contributed by atoms with Gasteiger partial charge in [0.15, 0.2) is 6.29 Å². The topological polar surface area (TPSA) is 145 Å². The lowest BCUT2D eigenvalue weighted by Crippen LogP contribution is -2.64. The van der Waals surface area contributed by atoms with Gasteiger partial charge >= 0.3 is 6.03 Å². The molecular weight excluding hydrogens is 208 g/mol. The second-order valence-electron chi connectivity index (χ2n) is 3.26. The van der Waals surface area contributed by atoms with Crippen LogP contribution in [0.2, 0.25) is 0 Å². The van der Waals surface area contributed by atoms with Crippen molar-refractivity contribution in [3.63, 3.8) is 0 Å².